The highest BCUT2D eigenvalue weighted by Gasteiger charge is 2.26. The standard InChI is InChI=1S/C11H10ClF2N3/c12-9-6-3-1-2-4-8(6)16-17-10(9)7(5-15)11(13)14/h1-4,7,11H,5,15H2. The van der Waals surface area contributed by atoms with Gasteiger partial charge in [-0.2, -0.15) is 10.2 Å². The third-order valence-corrected chi connectivity index (χ3v) is 2.94. The molecule has 6 heteroatoms. The molecule has 0 spiro atoms. The summed E-state index contributed by atoms with van der Waals surface area (Å²) in [4.78, 5) is 0. The monoisotopic (exact) mass is 257 g/mol. The summed E-state index contributed by atoms with van der Waals surface area (Å²) in [6, 6.07) is 6.98. The lowest BCUT2D eigenvalue weighted by molar-refractivity contribution is 0.115. The van der Waals surface area contributed by atoms with E-state index < -0.39 is 12.3 Å². The maximum atomic E-state index is 12.8. The van der Waals surface area contributed by atoms with Crippen molar-refractivity contribution in [2.24, 2.45) is 5.73 Å². The topological polar surface area (TPSA) is 51.8 Å². The second kappa shape index (κ2) is 4.89. The first-order valence-electron chi connectivity index (χ1n) is 5.04. The second-order valence-corrected chi connectivity index (χ2v) is 3.97. The third-order valence-electron chi connectivity index (χ3n) is 2.54. The molecule has 0 amide bonds. The zero-order valence-electron chi connectivity index (χ0n) is 8.78. The maximum absolute atomic E-state index is 12.8. The van der Waals surface area contributed by atoms with E-state index in [4.69, 9.17) is 17.3 Å². The molecule has 0 aliphatic rings. The molecule has 0 radical (unpaired) electrons. The number of benzene rings is 1. The van der Waals surface area contributed by atoms with Crippen molar-refractivity contribution in [1.82, 2.24) is 10.2 Å². The van der Waals surface area contributed by atoms with Gasteiger partial charge in [0, 0.05) is 11.9 Å². The molecule has 2 rings (SSSR count). The molecule has 0 saturated carbocycles. The van der Waals surface area contributed by atoms with Crippen molar-refractivity contribution >= 4 is 22.5 Å². The van der Waals surface area contributed by atoms with Crippen molar-refractivity contribution in [3.63, 3.8) is 0 Å². The van der Waals surface area contributed by atoms with Crippen molar-refractivity contribution in [2.45, 2.75) is 12.3 Å². The highest BCUT2D eigenvalue weighted by Crippen LogP contribution is 2.31. The van der Waals surface area contributed by atoms with E-state index in [1.54, 1.807) is 24.3 Å². The first kappa shape index (κ1) is 12.1. The van der Waals surface area contributed by atoms with Crippen molar-refractivity contribution in [3.05, 3.63) is 35.0 Å². The summed E-state index contributed by atoms with van der Waals surface area (Å²) in [6.07, 6.45) is -2.60. The summed E-state index contributed by atoms with van der Waals surface area (Å²) >= 11 is 6.07. The fourth-order valence-electron chi connectivity index (χ4n) is 1.61. The number of aromatic nitrogens is 2. The largest absolute Gasteiger partial charge is 0.330 e. The van der Waals surface area contributed by atoms with Gasteiger partial charge in [0.2, 0.25) is 6.43 Å². The zero-order chi connectivity index (χ0) is 12.4. The summed E-state index contributed by atoms with van der Waals surface area (Å²) < 4.78 is 25.5. The smallest absolute Gasteiger partial charge is 0.248 e. The molecular formula is C11H10ClF2N3. The SMILES string of the molecule is NCC(c1nnc2ccccc2c1Cl)C(F)F. The van der Waals surface area contributed by atoms with Gasteiger partial charge in [0.1, 0.15) is 0 Å². The van der Waals surface area contributed by atoms with E-state index in [-0.39, 0.29) is 17.3 Å². The predicted molar refractivity (Wildman–Crippen MR) is 62.3 cm³/mol. The zero-order valence-corrected chi connectivity index (χ0v) is 9.53. The van der Waals surface area contributed by atoms with Gasteiger partial charge < -0.3 is 5.73 Å². The van der Waals surface area contributed by atoms with Gasteiger partial charge in [-0.3, -0.25) is 0 Å². The third kappa shape index (κ3) is 2.21. The molecule has 1 aromatic heterocycles. The molecule has 0 saturated heterocycles. The second-order valence-electron chi connectivity index (χ2n) is 3.59. The molecule has 1 aromatic carbocycles. The average Bonchev–Trinajstić information content (AvgIpc) is 2.33. The summed E-state index contributed by atoms with van der Waals surface area (Å²) in [5.41, 5.74) is 5.95. The Morgan fingerprint density at radius 1 is 1.24 bits per heavy atom. The normalized spacial score (nSPS) is 13.2. The molecule has 2 aromatic rings. The van der Waals surface area contributed by atoms with E-state index in [0.717, 1.165) is 0 Å². The van der Waals surface area contributed by atoms with Crippen LogP contribution in [0.25, 0.3) is 10.9 Å². The van der Waals surface area contributed by atoms with E-state index in [2.05, 4.69) is 10.2 Å². The Hall–Kier alpha value is -1.33. The number of alkyl halides is 2. The van der Waals surface area contributed by atoms with Gasteiger partial charge in [-0.05, 0) is 6.07 Å². The lowest BCUT2D eigenvalue weighted by Crippen LogP contribution is -2.21. The van der Waals surface area contributed by atoms with Gasteiger partial charge >= 0.3 is 0 Å². The van der Waals surface area contributed by atoms with Gasteiger partial charge in [-0.25, -0.2) is 8.78 Å². The molecule has 3 nitrogen and oxygen atoms in total. The first-order valence-corrected chi connectivity index (χ1v) is 5.42. The minimum atomic E-state index is -2.60. The molecular weight excluding hydrogens is 248 g/mol. The fraction of sp³-hybridized carbons (Fsp3) is 0.273. The minimum absolute atomic E-state index is 0.0582. The first-order chi connectivity index (χ1) is 8.15. The number of rotatable bonds is 3. The van der Waals surface area contributed by atoms with Crippen LogP contribution in [-0.2, 0) is 0 Å². The van der Waals surface area contributed by atoms with Gasteiger partial charge in [0.05, 0.1) is 22.2 Å². The Morgan fingerprint density at radius 2 is 1.94 bits per heavy atom. The Kier molecular flexibility index (Phi) is 3.49. The highest BCUT2D eigenvalue weighted by molar-refractivity contribution is 6.35. The molecule has 90 valence electrons. The number of nitrogens with zero attached hydrogens (tertiary/aromatic N) is 2. The van der Waals surface area contributed by atoms with Crippen molar-refractivity contribution in [3.8, 4) is 0 Å². The summed E-state index contributed by atoms with van der Waals surface area (Å²) in [6.45, 7) is -0.218. The van der Waals surface area contributed by atoms with Crippen molar-refractivity contribution < 1.29 is 8.78 Å². The quantitative estimate of drug-likeness (QED) is 0.920. The highest BCUT2D eigenvalue weighted by atomic mass is 35.5. The van der Waals surface area contributed by atoms with Crippen molar-refractivity contribution in [1.29, 1.82) is 0 Å². The van der Waals surface area contributed by atoms with Gasteiger partial charge in [-0.15, -0.1) is 0 Å². The molecule has 0 bridgehead atoms. The van der Waals surface area contributed by atoms with Crippen LogP contribution in [0.1, 0.15) is 11.6 Å². The van der Waals surface area contributed by atoms with Crippen LogP contribution in [0, 0.1) is 0 Å². The number of hydrogen-bond donors (Lipinski definition) is 1. The molecule has 0 fully saturated rings. The molecule has 1 unspecified atom stereocenters. The van der Waals surface area contributed by atoms with Crippen LogP contribution in [0.5, 0.6) is 0 Å². The number of fused-ring (bicyclic) bond motifs is 1. The molecule has 1 atom stereocenters. The van der Waals surface area contributed by atoms with Crippen molar-refractivity contribution in [2.75, 3.05) is 6.54 Å². The van der Waals surface area contributed by atoms with Crippen LogP contribution in [0.4, 0.5) is 8.78 Å². The number of hydrogen-bond acceptors (Lipinski definition) is 3. The minimum Gasteiger partial charge on any atom is -0.330 e. The molecule has 0 aliphatic carbocycles. The Bertz CT molecular complexity index is 533. The summed E-state index contributed by atoms with van der Waals surface area (Å²) in [5.74, 6) is -1.18. The van der Waals surface area contributed by atoms with E-state index in [1.807, 2.05) is 0 Å². The van der Waals surface area contributed by atoms with E-state index in [0.29, 0.717) is 10.9 Å². The number of halogens is 3. The van der Waals surface area contributed by atoms with Crippen LogP contribution < -0.4 is 5.73 Å². The van der Waals surface area contributed by atoms with E-state index in [9.17, 15) is 8.78 Å². The van der Waals surface area contributed by atoms with Gasteiger partial charge in [0.25, 0.3) is 0 Å². The summed E-state index contributed by atoms with van der Waals surface area (Å²) in [5, 5.41) is 8.44. The Balaban J connectivity index is 2.59. The molecule has 1 heterocycles. The van der Waals surface area contributed by atoms with Crippen LogP contribution in [0.15, 0.2) is 24.3 Å². The lowest BCUT2D eigenvalue weighted by Gasteiger charge is -2.14. The van der Waals surface area contributed by atoms with Gasteiger partial charge in [-0.1, -0.05) is 29.8 Å². The molecule has 2 N–H and O–H groups in total. The maximum Gasteiger partial charge on any atom is 0.248 e. The average molecular weight is 258 g/mol. The lowest BCUT2D eigenvalue weighted by atomic mass is 10.0. The Morgan fingerprint density at radius 3 is 2.59 bits per heavy atom. The molecule has 0 aliphatic heterocycles. The summed E-state index contributed by atoms with van der Waals surface area (Å²) in [7, 11) is 0. The van der Waals surface area contributed by atoms with Crippen LogP contribution in [0.3, 0.4) is 0 Å². The Labute approximate surface area is 102 Å². The van der Waals surface area contributed by atoms with Gasteiger partial charge in [0.15, 0.2) is 0 Å². The molecule has 17 heavy (non-hydrogen) atoms. The van der Waals surface area contributed by atoms with Crippen LogP contribution >= 0.6 is 11.6 Å². The fourth-order valence-corrected chi connectivity index (χ4v) is 1.94. The van der Waals surface area contributed by atoms with Crippen LogP contribution in [0.2, 0.25) is 5.02 Å². The number of nitrogens with two attached hydrogens (primary N) is 1. The van der Waals surface area contributed by atoms with Crippen LogP contribution in [-0.4, -0.2) is 23.2 Å². The van der Waals surface area contributed by atoms with E-state index >= 15 is 0 Å². The van der Waals surface area contributed by atoms with E-state index in [1.165, 1.54) is 0 Å². The predicted octanol–water partition coefficient (Wildman–Crippen LogP) is 2.59.